The molecule has 768 valence electrons. The third-order valence-electron chi connectivity index (χ3n) is 24.3. The summed E-state index contributed by atoms with van der Waals surface area (Å²) in [5, 5.41) is 11.8. The number of thioether (sulfide) groups is 1. The number of hydrogen-bond acceptors (Lipinski definition) is 22. The fourth-order valence-corrected chi connectivity index (χ4v) is 18.5. The number of rotatable bonds is 42. The Morgan fingerprint density at radius 1 is 0.493 bits per heavy atom. The number of carbonyl (C=O) groups excluding carboxylic acids is 4. The molecule has 144 heavy (non-hydrogen) atoms. The standard InChI is InChI=1S/C39H45F4N5O4S.C37H44F4N6O5.C29H30Cl2FN5O2/c1-2-52-30-10-8-29(9-11-30)48-37(45-34-6-4-3-5-31(34)38(48)50)35(13-16-44-28-14-23-53-24-15-28)47(18-17-46-19-21-51-22-20-46)36(49)26-27-7-12-32(33(40)25-27)39(41,42)43;1-5-51-27-14-12-26(13-15-27)47-35(44-31-10-8-7-9-28(31)36(47)50)32(17-18-42-24-43-23-34(49)52-6-2)46(20-19-45(3)4)33(48)22-25-11-16-29(30(38)21-25)37(39,40)41;1-35(2)15-16-36(27(38)18-19-7-12-23(30)24(31)17-19)26(13-14-33)28-34-25-6-4-3-5-22(25)29(39)37(28)21-10-8-20(32)9-11-21/h3-12,25,28,35,44H,2,13-24,26H2,1H3;7-16,21,32,42-43H,5-6,17-20,22-24H2,1-4H3;3-12,17,26H,13-16,18,33H2,1-2H3. The number of hydrogen-bond donors (Lipinski definition) is 4. The molecule has 9 aromatic carbocycles. The van der Waals surface area contributed by atoms with Crippen molar-refractivity contribution in [3.05, 3.63) is 304 Å². The van der Waals surface area contributed by atoms with Crippen molar-refractivity contribution in [1.82, 2.24) is 74.0 Å². The Bertz CT molecular complexity index is 6520. The molecule has 27 nitrogen and oxygen atoms in total. The highest BCUT2D eigenvalue weighted by Crippen LogP contribution is 2.38. The van der Waals surface area contributed by atoms with Gasteiger partial charge in [0.05, 0.1) is 148 Å². The number of nitrogens with zero attached hydrogens (tertiary/aromatic N) is 12. The lowest BCUT2D eigenvalue weighted by atomic mass is 10.0. The second-order valence-corrected chi connectivity index (χ2v) is 36.9. The molecule has 2 aliphatic heterocycles. The molecular weight excluding hydrogens is 1940 g/mol. The monoisotopic (exact) mass is 2050 g/mol. The zero-order valence-electron chi connectivity index (χ0n) is 81.2. The number of alkyl halides is 6. The van der Waals surface area contributed by atoms with Crippen molar-refractivity contribution < 1.29 is 77.6 Å². The quantitative estimate of drug-likeness (QED) is 0.0120. The molecule has 5 N–H and O–H groups in total. The van der Waals surface area contributed by atoms with E-state index in [1.807, 2.05) is 63.6 Å². The number of aromatic nitrogens is 6. The van der Waals surface area contributed by atoms with Crippen molar-refractivity contribution in [2.24, 2.45) is 5.73 Å². The third kappa shape index (κ3) is 30.1. The van der Waals surface area contributed by atoms with Crippen molar-refractivity contribution in [2.75, 3.05) is 158 Å². The molecule has 0 aliphatic carbocycles. The number of para-hydroxylation sites is 3. The molecule has 14 rings (SSSR count). The molecule has 0 radical (unpaired) electrons. The fourth-order valence-electron chi connectivity index (χ4n) is 17.1. The van der Waals surface area contributed by atoms with Gasteiger partial charge in [-0.3, -0.25) is 57.5 Å². The Kier molecular flexibility index (Phi) is 40.8. The molecule has 2 fully saturated rings. The van der Waals surface area contributed by atoms with Crippen LogP contribution < -0.4 is 47.8 Å². The summed E-state index contributed by atoms with van der Waals surface area (Å²) >= 11 is 14.2. The Morgan fingerprint density at radius 2 is 0.896 bits per heavy atom. The van der Waals surface area contributed by atoms with Crippen LogP contribution in [0.4, 0.5) is 39.5 Å². The maximum atomic E-state index is 14.7. The summed E-state index contributed by atoms with van der Waals surface area (Å²) in [6, 6.07) is 48.8. The van der Waals surface area contributed by atoms with Gasteiger partial charge in [0.25, 0.3) is 16.7 Å². The van der Waals surface area contributed by atoms with Crippen LogP contribution in [-0.2, 0) is 60.3 Å². The lowest BCUT2D eigenvalue weighted by Gasteiger charge is -2.36. The van der Waals surface area contributed by atoms with E-state index >= 15 is 0 Å². The SMILES string of the molecule is CCOC(=O)CNCNCCC(c1nc2ccccc2c(=O)n1-c1ccc(OCC)cc1)N(CCN(C)C)C(=O)Cc1ccc(C(F)(F)F)c(F)c1.CCOc1ccc(-n2c(C(CCNC3CCSCC3)N(CCN3CCOCC3)C(=O)Cc3ccc(C(F)(F)F)c(F)c3)nc3ccccc3c2=O)cc1.CN(C)CCN(C(=O)Cc1ccc(Cl)c(Cl)c1)C(CCN)c1nc2ccccc2c(=O)n1-c1ccc(F)cc1. The van der Waals surface area contributed by atoms with Crippen molar-refractivity contribution in [1.29, 1.82) is 0 Å². The lowest BCUT2D eigenvalue weighted by Crippen LogP contribution is -2.46. The Hall–Kier alpha value is -12.1. The van der Waals surface area contributed by atoms with Gasteiger partial charge >= 0.3 is 18.3 Å². The van der Waals surface area contributed by atoms with Crippen LogP contribution in [0.15, 0.2) is 215 Å². The first-order valence-corrected chi connectivity index (χ1v) is 49.5. The van der Waals surface area contributed by atoms with Gasteiger partial charge in [-0.05, 0) is 274 Å². The summed E-state index contributed by atoms with van der Waals surface area (Å²) in [4.78, 5) is 123. The van der Waals surface area contributed by atoms with Crippen LogP contribution in [0.3, 0.4) is 0 Å². The number of benzene rings is 9. The Balaban J connectivity index is 0.000000195. The maximum absolute atomic E-state index is 14.7. The Labute approximate surface area is 843 Å². The van der Waals surface area contributed by atoms with Gasteiger partial charge in [0.1, 0.15) is 46.4 Å². The first kappa shape index (κ1) is 111. The number of ether oxygens (including phenoxy) is 4. The van der Waals surface area contributed by atoms with Crippen LogP contribution in [0.1, 0.15) is 116 Å². The van der Waals surface area contributed by atoms with E-state index in [9.17, 15) is 73.1 Å². The minimum atomic E-state index is -4.89. The highest BCUT2D eigenvalue weighted by molar-refractivity contribution is 7.99. The molecular formula is C105H119Cl2F9N16O11S. The predicted molar refractivity (Wildman–Crippen MR) is 541 cm³/mol. The summed E-state index contributed by atoms with van der Waals surface area (Å²) in [7, 11) is 7.48. The summed E-state index contributed by atoms with van der Waals surface area (Å²) in [5.74, 6) is -0.558. The summed E-state index contributed by atoms with van der Waals surface area (Å²) in [5.41, 5.74) is 5.99. The van der Waals surface area contributed by atoms with Crippen LogP contribution in [0.25, 0.3) is 49.8 Å². The van der Waals surface area contributed by atoms with Crippen molar-refractivity contribution in [2.45, 2.75) is 109 Å². The van der Waals surface area contributed by atoms with Crippen molar-refractivity contribution >= 4 is 91.4 Å². The molecule has 3 atom stereocenters. The summed E-state index contributed by atoms with van der Waals surface area (Å²) in [6.07, 6.45) is -7.44. The number of fused-ring (bicyclic) bond motifs is 3. The molecule has 12 aromatic rings. The number of morpholine rings is 1. The minimum Gasteiger partial charge on any atom is -0.494 e. The normalized spacial score (nSPS) is 13.8. The largest absolute Gasteiger partial charge is 0.494 e. The van der Waals surface area contributed by atoms with Gasteiger partial charge in [0, 0.05) is 65.1 Å². The average Bonchev–Trinajstić information content (AvgIpc) is 0.763. The molecule has 3 aromatic heterocycles. The first-order chi connectivity index (χ1) is 69.1. The summed E-state index contributed by atoms with van der Waals surface area (Å²) in [6.45, 7) is 12.5. The van der Waals surface area contributed by atoms with Gasteiger partial charge in [-0.15, -0.1) is 0 Å². The van der Waals surface area contributed by atoms with E-state index < -0.39 is 83.3 Å². The molecule has 0 bridgehead atoms. The van der Waals surface area contributed by atoms with Gasteiger partial charge < -0.3 is 59.8 Å². The van der Waals surface area contributed by atoms with E-state index in [1.54, 1.807) is 161 Å². The lowest BCUT2D eigenvalue weighted by molar-refractivity contribution is -0.142. The van der Waals surface area contributed by atoms with Gasteiger partial charge in [-0.1, -0.05) is 77.8 Å². The van der Waals surface area contributed by atoms with Crippen LogP contribution in [0, 0.1) is 17.5 Å². The molecule has 0 spiro atoms. The van der Waals surface area contributed by atoms with Crippen LogP contribution in [0.2, 0.25) is 10.0 Å². The van der Waals surface area contributed by atoms with Gasteiger partial charge in [0.2, 0.25) is 17.7 Å². The topological polar surface area (TPSA) is 291 Å². The average molecular weight is 2060 g/mol. The number of likely N-dealkylation sites (N-methyl/N-ethyl adjacent to an activating group) is 2. The van der Waals surface area contributed by atoms with Gasteiger partial charge in [0.15, 0.2) is 0 Å². The highest BCUT2D eigenvalue weighted by Gasteiger charge is 2.39. The van der Waals surface area contributed by atoms with Crippen molar-refractivity contribution in [3.63, 3.8) is 0 Å². The molecule has 3 amide bonds. The number of nitrogens with one attached hydrogen (secondary N) is 3. The molecule has 0 saturated carbocycles. The maximum Gasteiger partial charge on any atom is 0.419 e. The van der Waals surface area contributed by atoms with E-state index in [0.29, 0.717) is 192 Å². The van der Waals surface area contributed by atoms with E-state index in [1.165, 1.54) is 38.3 Å². The first-order valence-electron chi connectivity index (χ1n) is 47.6. The highest BCUT2D eigenvalue weighted by atomic mass is 35.5. The molecule has 3 unspecified atom stereocenters. The van der Waals surface area contributed by atoms with E-state index in [0.717, 1.165) is 48.6 Å². The molecule has 39 heteroatoms. The van der Waals surface area contributed by atoms with Gasteiger partial charge in [-0.2, -0.15) is 38.1 Å². The van der Waals surface area contributed by atoms with Gasteiger partial charge in [-0.25, -0.2) is 28.1 Å². The van der Waals surface area contributed by atoms with Crippen LogP contribution in [0.5, 0.6) is 11.5 Å². The third-order valence-corrected chi connectivity index (χ3v) is 26.1. The van der Waals surface area contributed by atoms with Crippen LogP contribution in [-0.4, -0.2) is 246 Å². The number of halogens is 11. The summed E-state index contributed by atoms with van der Waals surface area (Å²) < 4.78 is 149. The van der Waals surface area contributed by atoms with Crippen LogP contribution >= 0.6 is 35.0 Å². The second-order valence-electron chi connectivity index (χ2n) is 34.9. The Morgan fingerprint density at radius 3 is 1.30 bits per heavy atom. The number of amides is 3. The number of esters is 1. The van der Waals surface area contributed by atoms with Crippen molar-refractivity contribution in [3.8, 4) is 28.6 Å². The zero-order chi connectivity index (χ0) is 103. The predicted octanol–water partition coefficient (Wildman–Crippen LogP) is 15.8. The number of carbonyl (C=O) groups is 4. The molecule has 2 saturated heterocycles. The zero-order valence-corrected chi connectivity index (χ0v) is 83.5. The molecule has 5 heterocycles. The van der Waals surface area contributed by atoms with E-state index in [-0.39, 0.29) is 105 Å². The smallest absolute Gasteiger partial charge is 0.419 e. The number of nitrogens with two attached hydrogens (primary N) is 1. The van der Waals surface area contributed by atoms with E-state index in [4.69, 9.17) is 62.8 Å². The fraction of sp³-hybridized carbons (Fsp3) is 0.390. The molecule has 2 aliphatic rings. The second kappa shape index (κ2) is 53.1. The minimum absolute atomic E-state index is 0.0229. The van der Waals surface area contributed by atoms with E-state index in [2.05, 4.69) is 20.9 Å².